The Bertz CT molecular complexity index is 899. The minimum Gasteiger partial charge on any atom is -0.458 e. The first-order chi connectivity index (χ1) is 13.3. The molecule has 0 aliphatic carbocycles. The maximum Gasteiger partial charge on any atom is 0.313 e. The second kappa shape index (κ2) is 9.50. The number of hydrogen-bond acceptors (Lipinski definition) is 5. The van der Waals surface area contributed by atoms with Crippen molar-refractivity contribution in [2.75, 3.05) is 5.32 Å². The van der Waals surface area contributed by atoms with Crippen LogP contribution in [0, 0.1) is 19.8 Å². The number of aryl methyl sites for hydroxylation is 2. The molecule has 28 heavy (non-hydrogen) atoms. The van der Waals surface area contributed by atoms with Crippen molar-refractivity contribution in [2.45, 2.75) is 34.2 Å². The number of furan rings is 1. The van der Waals surface area contributed by atoms with Crippen molar-refractivity contribution in [3.05, 3.63) is 53.0 Å². The van der Waals surface area contributed by atoms with E-state index in [9.17, 15) is 14.4 Å². The molecule has 0 atom stereocenters. The van der Waals surface area contributed by atoms with Crippen LogP contribution in [0.1, 0.15) is 36.5 Å². The van der Waals surface area contributed by atoms with Gasteiger partial charge >= 0.3 is 11.8 Å². The minimum atomic E-state index is -0.769. The van der Waals surface area contributed by atoms with Gasteiger partial charge in [0.1, 0.15) is 11.5 Å². The number of anilines is 1. The number of rotatable bonds is 6. The average Bonchev–Trinajstić information content (AvgIpc) is 3.10. The van der Waals surface area contributed by atoms with Gasteiger partial charge in [-0.25, -0.2) is 5.43 Å². The van der Waals surface area contributed by atoms with E-state index in [2.05, 4.69) is 21.2 Å². The molecule has 8 nitrogen and oxygen atoms in total. The number of nitrogens with zero attached hydrogens (tertiary/aromatic N) is 1. The summed E-state index contributed by atoms with van der Waals surface area (Å²) < 4.78 is 5.46. The van der Waals surface area contributed by atoms with E-state index in [1.54, 1.807) is 38.1 Å². The van der Waals surface area contributed by atoms with Gasteiger partial charge in [0.15, 0.2) is 0 Å². The third kappa shape index (κ3) is 6.08. The van der Waals surface area contributed by atoms with E-state index in [0.29, 0.717) is 17.2 Å². The maximum absolute atomic E-state index is 12.0. The molecule has 1 aromatic heterocycles. The summed E-state index contributed by atoms with van der Waals surface area (Å²) in [5, 5.41) is 8.83. The summed E-state index contributed by atoms with van der Waals surface area (Å²) in [6.07, 6.45) is 1.36. The van der Waals surface area contributed by atoms with Gasteiger partial charge in [-0.15, -0.1) is 0 Å². The zero-order valence-electron chi connectivity index (χ0n) is 16.3. The smallest absolute Gasteiger partial charge is 0.313 e. The molecule has 1 heterocycles. The van der Waals surface area contributed by atoms with Gasteiger partial charge in [0.05, 0.1) is 12.8 Å². The second-order valence-corrected chi connectivity index (χ2v) is 6.63. The molecule has 0 unspecified atom stereocenters. The molecule has 8 heteroatoms. The van der Waals surface area contributed by atoms with Gasteiger partial charge in [0, 0.05) is 11.6 Å². The summed E-state index contributed by atoms with van der Waals surface area (Å²) in [6.45, 7) is 7.46. The first-order valence-electron chi connectivity index (χ1n) is 8.84. The van der Waals surface area contributed by atoms with Gasteiger partial charge in [0.2, 0.25) is 5.91 Å². The van der Waals surface area contributed by atoms with Crippen molar-refractivity contribution >= 4 is 29.6 Å². The third-order valence-corrected chi connectivity index (χ3v) is 3.97. The van der Waals surface area contributed by atoms with Gasteiger partial charge < -0.3 is 15.1 Å². The molecule has 0 bridgehead atoms. The second-order valence-electron chi connectivity index (χ2n) is 6.63. The molecule has 2 aromatic rings. The van der Waals surface area contributed by atoms with Crippen LogP contribution in [0.5, 0.6) is 0 Å². The topological polar surface area (TPSA) is 113 Å². The highest BCUT2D eigenvalue weighted by Gasteiger charge is 2.14. The number of carbonyl (C=O) groups is 3. The summed E-state index contributed by atoms with van der Waals surface area (Å²) in [6, 6.07) is 8.70. The van der Waals surface area contributed by atoms with Crippen LogP contribution >= 0.6 is 0 Å². The number of carbonyl (C=O) groups excluding carboxylic acids is 3. The third-order valence-electron chi connectivity index (χ3n) is 3.97. The van der Waals surface area contributed by atoms with Crippen molar-refractivity contribution < 1.29 is 18.8 Å². The van der Waals surface area contributed by atoms with Crippen LogP contribution < -0.4 is 16.1 Å². The van der Waals surface area contributed by atoms with E-state index in [4.69, 9.17) is 4.42 Å². The van der Waals surface area contributed by atoms with Gasteiger partial charge in [-0.05, 0) is 49.2 Å². The number of nitrogens with one attached hydrogen (secondary N) is 3. The van der Waals surface area contributed by atoms with Gasteiger partial charge in [-0.3, -0.25) is 14.4 Å². The van der Waals surface area contributed by atoms with E-state index >= 15 is 0 Å². The molecule has 0 fully saturated rings. The maximum atomic E-state index is 12.0. The van der Waals surface area contributed by atoms with Crippen molar-refractivity contribution in [2.24, 2.45) is 11.0 Å². The first-order valence-corrected chi connectivity index (χ1v) is 8.84. The van der Waals surface area contributed by atoms with Crippen molar-refractivity contribution in [1.29, 1.82) is 0 Å². The fourth-order valence-electron chi connectivity index (χ4n) is 2.10. The summed E-state index contributed by atoms with van der Waals surface area (Å²) in [5.41, 5.74) is 5.06. The predicted molar refractivity (Wildman–Crippen MR) is 106 cm³/mol. The molecule has 0 saturated heterocycles. The molecule has 3 amide bonds. The number of hydrazone groups is 1. The van der Waals surface area contributed by atoms with Crippen LogP contribution in [0.15, 0.2) is 39.9 Å². The fraction of sp³-hybridized carbons (Fsp3) is 0.300. The van der Waals surface area contributed by atoms with Crippen molar-refractivity contribution in [3.8, 4) is 0 Å². The Kier molecular flexibility index (Phi) is 7.08. The first kappa shape index (κ1) is 20.9. The highest BCUT2D eigenvalue weighted by Crippen LogP contribution is 2.14. The normalized spacial score (nSPS) is 10.9. The molecule has 0 aliphatic heterocycles. The van der Waals surface area contributed by atoms with Crippen molar-refractivity contribution in [3.63, 3.8) is 0 Å². The molecule has 0 saturated carbocycles. The van der Waals surface area contributed by atoms with Crippen molar-refractivity contribution in [1.82, 2.24) is 10.7 Å². The monoisotopic (exact) mass is 384 g/mol. The Morgan fingerprint density at radius 3 is 2.50 bits per heavy atom. The van der Waals surface area contributed by atoms with Gasteiger partial charge in [0.25, 0.3) is 0 Å². The SMILES string of the molecule is Cc1ccc(NC(=O)C(=O)NCc2ccc(/C=N\NC(=O)C(C)C)o2)cc1C. The lowest BCUT2D eigenvalue weighted by Gasteiger charge is -2.07. The summed E-state index contributed by atoms with van der Waals surface area (Å²) in [4.78, 5) is 35.3. The fourth-order valence-corrected chi connectivity index (χ4v) is 2.10. The van der Waals surface area contributed by atoms with E-state index < -0.39 is 11.8 Å². The Hall–Kier alpha value is -3.42. The lowest BCUT2D eigenvalue weighted by Crippen LogP contribution is -2.34. The van der Waals surface area contributed by atoms with Gasteiger partial charge in [-0.1, -0.05) is 19.9 Å². The number of benzene rings is 1. The van der Waals surface area contributed by atoms with E-state index in [0.717, 1.165) is 11.1 Å². The Labute approximate surface area is 163 Å². The van der Waals surface area contributed by atoms with Crippen LogP contribution in [0.3, 0.4) is 0 Å². The molecule has 0 spiro atoms. The average molecular weight is 384 g/mol. The lowest BCUT2D eigenvalue weighted by molar-refractivity contribution is -0.136. The van der Waals surface area contributed by atoms with Gasteiger partial charge in [-0.2, -0.15) is 5.10 Å². The predicted octanol–water partition coefficient (Wildman–Crippen LogP) is 2.26. The van der Waals surface area contributed by atoms with Crippen LogP contribution in [0.2, 0.25) is 0 Å². The number of hydrogen-bond donors (Lipinski definition) is 3. The van der Waals surface area contributed by atoms with Crippen LogP contribution in [-0.2, 0) is 20.9 Å². The van der Waals surface area contributed by atoms with E-state index in [1.165, 1.54) is 6.21 Å². The Morgan fingerprint density at radius 2 is 1.82 bits per heavy atom. The molecule has 148 valence electrons. The zero-order valence-corrected chi connectivity index (χ0v) is 16.3. The molecule has 2 rings (SSSR count). The summed E-state index contributed by atoms with van der Waals surface area (Å²) >= 11 is 0. The molecule has 1 aromatic carbocycles. The largest absolute Gasteiger partial charge is 0.458 e. The van der Waals surface area contributed by atoms with E-state index in [1.807, 2.05) is 19.9 Å². The summed E-state index contributed by atoms with van der Waals surface area (Å²) in [5.74, 6) is -1.04. The standard InChI is InChI=1S/C20H24N4O4/c1-12(2)18(25)24-22-11-17-8-7-16(28-17)10-21-19(26)20(27)23-15-6-5-13(3)14(4)9-15/h5-9,11-12H,10H2,1-4H3,(H,21,26)(H,23,27)(H,24,25)/b22-11-. The quantitative estimate of drug-likeness (QED) is 0.403. The highest BCUT2D eigenvalue weighted by atomic mass is 16.3. The van der Waals surface area contributed by atoms with Crippen LogP contribution in [0.25, 0.3) is 0 Å². The molecular weight excluding hydrogens is 360 g/mol. The van der Waals surface area contributed by atoms with Crippen LogP contribution in [0.4, 0.5) is 5.69 Å². The zero-order chi connectivity index (χ0) is 20.7. The van der Waals surface area contributed by atoms with Crippen LogP contribution in [-0.4, -0.2) is 23.9 Å². The minimum absolute atomic E-state index is 0.0470. The number of amides is 3. The molecular formula is C20H24N4O4. The highest BCUT2D eigenvalue weighted by molar-refractivity contribution is 6.39. The Balaban J connectivity index is 1.83. The molecule has 0 aliphatic rings. The molecule has 3 N–H and O–H groups in total. The Morgan fingerprint density at radius 1 is 1.07 bits per heavy atom. The lowest BCUT2D eigenvalue weighted by atomic mass is 10.1. The van der Waals surface area contributed by atoms with E-state index in [-0.39, 0.29) is 18.4 Å². The molecule has 0 radical (unpaired) electrons. The summed E-state index contributed by atoms with van der Waals surface area (Å²) in [7, 11) is 0.